The van der Waals surface area contributed by atoms with Crippen LogP contribution in [-0.2, 0) is 25.5 Å². The Hall–Kier alpha value is -3.62. The molecular weight excluding hydrogens is 371 g/mol. The summed E-state index contributed by atoms with van der Waals surface area (Å²) in [6, 6.07) is 12.2. The number of esters is 1. The van der Waals surface area contributed by atoms with Crippen molar-refractivity contribution < 1.29 is 33.0 Å². The molecule has 28 heavy (non-hydrogen) atoms. The monoisotopic (exact) mass is 388 g/mol. The van der Waals surface area contributed by atoms with E-state index < -0.39 is 36.3 Å². The van der Waals surface area contributed by atoms with Crippen LogP contribution in [0.2, 0.25) is 0 Å². The van der Waals surface area contributed by atoms with Crippen LogP contribution in [0.15, 0.2) is 48.5 Å². The van der Waals surface area contributed by atoms with Crippen molar-refractivity contribution >= 4 is 17.8 Å². The molecule has 8 nitrogen and oxygen atoms in total. The van der Waals surface area contributed by atoms with Crippen molar-refractivity contribution in [2.45, 2.75) is 12.5 Å². The van der Waals surface area contributed by atoms with E-state index in [0.29, 0.717) is 17.1 Å². The van der Waals surface area contributed by atoms with Crippen LogP contribution in [0.25, 0.3) is 0 Å². The third-order valence-corrected chi connectivity index (χ3v) is 3.75. The van der Waals surface area contributed by atoms with Gasteiger partial charge in [-0.2, -0.15) is 0 Å². The second-order valence-corrected chi connectivity index (χ2v) is 5.87. The molecule has 9 heteroatoms. The number of benzene rings is 2. The third kappa shape index (κ3) is 5.19. The van der Waals surface area contributed by atoms with Crippen molar-refractivity contribution in [2.24, 2.45) is 0 Å². The maximum absolute atomic E-state index is 12.8. The summed E-state index contributed by atoms with van der Waals surface area (Å²) in [4.78, 5) is 35.4. The van der Waals surface area contributed by atoms with Crippen LogP contribution in [0, 0.1) is 5.82 Å². The molecular formula is C19H17FN2O6. The van der Waals surface area contributed by atoms with Gasteiger partial charge in [0.2, 0.25) is 6.10 Å². The Bertz CT molecular complexity index is 871. The Kier molecular flexibility index (Phi) is 6.05. The molecule has 3 rings (SSSR count). The maximum atomic E-state index is 12.8. The van der Waals surface area contributed by atoms with E-state index in [9.17, 15) is 18.8 Å². The number of halogens is 1. The van der Waals surface area contributed by atoms with Crippen LogP contribution in [0.4, 0.5) is 4.39 Å². The number of amides is 2. The summed E-state index contributed by atoms with van der Waals surface area (Å²) in [5.74, 6) is -1.45. The minimum atomic E-state index is -0.934. The van der Waals surface area contributed by atoms with Crippen molar-refractivity contribution in [2.75, 3.05) is 13.2 Å². The molecule has 2 N–H and O–H groups in total. The SMILES string of the molecule is O=C(COC(=O)Cc1ccc(F)cc1)NNC(=O)[C@@H]1COc2ccccc2O1. The molecule has 0 saturated heterocycles. The number of hydrogen-bond acceptors (Lipinski definition) is 6. The minimum Gasteiger partial charge on any atom is -0.485 e. The third-order valence-electron chi connectivity index (χ3n) is 3.75. The molecule has 0 aromatic heterocycles. The van der Waals surface area contributed by atoms with Gasteiger partial charge in [0.25, 0.3) is 11.8 Å². The van der Waals surface area contributed by atoms with E-state index in [1.807, 2.05) is 0 Å². The predicted molar refractivity (Wildman–Crippen MR) is 93.7 cm³/mol. The molecule has 0 radical (unpaired) electrons. The van der Waals surface area contributed by atoms with E-state index in [1.54, 1.807) is 24.3 Å². The highest BCUT2D eigenvalue weighted by Crippen LogP contribution is 2.30. The molecule has 0 spiro atoms. The van der Waals surface area contributed by atoms with Gasteiger partial charge in [-0.3, -0.25) is 25.2 Å². The van der Waals surface area contributed by atoms with Gasteiger partial charge < -0.3 is 14.2 Å². The fraction of sp³-hybridized carbons (Fsp3) is 0.211. The fourth-order valence-corrected chi connectivity index (χ4v) is 2.36. The number of fused-ring (bicyclic) bond motifs is 1. The van der Waals surface area contributed by atoms with Gasteiger partial charge in [-0.15, -0.1) is 0 Å². The van der Waals surface area contributed by atoms with Crippen LogP contribution in [-0.4, -0.2) is 37.1 Å². The van der Waals surface area contributed by atoms with Crippen LogP contribution < -0.4 is 20.3 Å². The molecule has 1 heterocycles. The van der Waals surface area contributed by atoms with Gasteiger partial charge in [0.1, 0.15) is 12.4 Å². The largest absolute Gasteiger partial charge is 0.485 e. The minimum absolute atomic E-state index is 0.00856. The smallest absolute Gasteiger partial charge is 0.310 e. The number of rotatable bonds is 5. The molecule has 1 aliphatic heterocycles. The van der Waals surface area contributed by atoms with E-state index in [-0.39, 0.29) is 13.0 Å². The van der Waals surface area contributed by atoms with E-state index in [1.165, 1.54) is 24.3 Å². The normalized spacial score (nSPS) is 14.7. The molecule has 0 aliphatic carbocycles. The fourth-order valence-electron chi connectivity index (χ4n) is 2.36. The summed E-state index contributed by atoms with van der Waals surface area (Å²) in [6.07, 6.45) is -1.04. The van der Waals surface area contributed by atoms with Crippen LogP contribution >= 0.6 is 0 Å². The van der Waals surface area contributed by atoms with Crippen molar-refractivity contribution in [3.63, 3.8) is 0 Å². The first-order valence-electron chi connectivity index (χ1n) is 8.38. The first kappa shape index (κ1) is 19.2. The zero-order valence-corrected chi connectivity index (χ0v) is 14.6. The number of hydrazine groups is 1. The second-order valence-electron chi connectivity index (χ2n) is 5.87. The lowest BCUT2D eigenvalue weighted by atomic mass is 10.1. The number of ether oxygens (including phenoxy) is 3. The molecule has 1 aliphatic rings. The van der Waals surface area contributed by atoms with E-state index >= 15 is 0 Å². The van der Waals surface area contributed by atoms with E-state index in [2.05, 4.69) is 10.9 Å². The standard InChI is InChI=1S/C19H17FN2O6/c20-13-7-5-12(6-8-13)9-18(24)27-11-17(23)21-22-19(25)16-10-26-14-3-1-2-4-15(14)28-16/h1-8,16H,9-11H2,(H,21,23)(H,22,25)/t16-/m0/s1. The Labute approximate surface area is 159 Å². The molecule has 0 saturated carbocycles. The first-order valence-corrected chi connectivity index (χ1v) is 8.38. The summed E-state index contributed by atoms with van der Waals surface area (Å²) in [7, 11) is 0. The number of para-hydroxylation sites is 2. The average Bonchev–Trinajstić information content (AvgIpc) is 2.71. The highest BCUT2D eigenvalue weighted by molar-refractivity contribution is 5.86. The lowest BCUT2D eigenvalue weighted by Gasteiger charge is -2.25. The summed E-state index contributed by atoms with van der Waals surface area (Å²) in [5, 5.41) is 0. The van der Waals surface area contributed by atoms with Gasteiger partial charge in [-0.25, -0.2) is 4.39 Å². The Morgan fingerprint density at radius 3 is 2.50 bits per heavy atom. The molecule has 2 amide bonds. The number of carbonyl (C=O) groups is 3. The quantitative estimate of drug-likeness (QED) is 0.583. The van der Waals surface area contributed by atoms with E-state index in [4.69, 9.17) is 14.2 Å². The molecule has 0 bridgehead atoms. The molecule has 2 aromatic carbocycles. The number of hydrogen-bond donors (Lipinski definition) is 2. The van der Waals surface area contributed by atoms with Gasteiger partial charge >= 0.3 is 5.97 Å². The molecule has 1 atom stereocenters. The molecule has 0 fully saturated rings. The maximum Gasteiger partial charge on any atom is 0.310 e. The summed E-state index contributed by atoms with van der Waals surface area (Å²) in [5.41, 5.74) is 4.87. The van der Waals surface area contributed by atoms with Crippen molar-refractivity contribution in [3.8, 4) is 11.5 Å². The Balaban J connectivity index is 1.37. The summed E-state index contributed by atoms with van der Waals surface area (Å²) >= 11 is 0. The van der Waals surface area contributed by atoms with Crippen molar-refractivity contribution in [3.05, 3.63) is 59.9 Å². The Morgan fingerprint density at radius 1 is 1.04 bits per heavy atom. The zero-order chi connectivity index (χ0) is 19.9. The van der Waals surface area contributed by atoms with Crippen molar-refractivity contribution in [1.82, 2.24) is 10.9 Å². The predicted octanol–water partition coefficient (Wildman–Crippen LogP) is 0.899. The van der Waals surface area contributed by atoms with Crippen LogP contribution in [0.3, 0.4) is 0 Å². The van der Waals surface area contributed by atoms with Gasteiger partial charge in [0.15, 0.2) is 18.1 Å². The van der Waals surface area contributed by atoms with Crippen molar-refractivity contribution in [1.29, 1.82) is 0 Å². The van der Waals surface area contributed by atoms with Gasteiger partial charge in [0.05, 0.1) is 6.42 Å². The molecule has 2 aromatic rings. The lowest BCUT2D eigenvalue weighted by Crippen LogP contribution is -2.51. The number of nitrogens with one attached hydrogen (secondary N) is 2. The van der Waals surface area contributed by atoms with Gasteiger partial charge in [-0.05, 0) is 29.8 Å². The molecule has 146 valence electrons. The van der Waals surface area contributed by atoms with E-state index in [0.717, 1.165) is 0 Å². The van der Waals surface area contributed by atoms with Crippen LogP contribution in [0.1, 0.15) is 5.56 Å². The second kappa shape index (κ2) is 8.85. The highest BCUT2D eigenvalue weighted by atomic mass is 19.1. The van der Waals surface area contributed by atoms with Crippen LogP contribution in [0.5, 0.6) is 11.5 Å². The molecule has 0 unspecified atom stereocenters. The topological polar surface area (TPSA) is 103 Å². The number of carbonyl (C=O) groups excluding carboxylic acids is 3. The lowest BCUT2D eigenvalue weighted by molar-refractivity contribution is -0.148. The Morgan fingerprint density at radius 2 is 1.75 bits per heavy atom. The average molecular weight is 388 g/mol. The first-order chi connectivity index (χ1) is 13.5. The summed E-state index contributed by atoms with van der Waals surface area (Å²) < 4.78 is 28.5. The van der Waals surface area contributed by atoms with Gasteiger partial charge in [0, 0.05) is 0 Å². The highest BCUT2D eigenvalue weighted by Gasteiger charge is 2.27. The van der Waals surface area contributed by atoms with Gasteiger partial charge in [-0.1, -0.05) is 24.3 Å². The summed E-state index contributed by atoms with van der Waals surface area (Å²) in [6.45, 7) is -0.587. The zero-order valence-electron chi connectivity index (χ0n) is 14.6.